The van der Waals surface area contributed by atoms with Crippen LogP contribution in [0.4, 0.5) is 0 Å². The fourth-order valence-corrected chi connectivity index (χ4v) is 4.19. The molecule has 0 saturated carbocycles. The van der Waals surface area contributed by atoms with Gasteiger partial charge in [0.2, 0.25) is 0 Å². The van der Waals surface area contributed by atoms with E-state index >= 15 is 0 Å². The lowest BCUT2D eigenvalue weighted by Gasteiger charge is -2.26. The van der Waals surface area contributed by atoms with Crippen LogP contribution in [-0.4, -0.2) is 11.6 Å². The molecule has 0 unspecified atom stereocenters. The Morgan fingerprint density at radius 1 is 0.657 bits per heavy atom. The molecule has 0 spiro atoms. The molecule has 1 aromatic carbocycles. The standard InChI is InChI=1S/C32H45N2O/c1-31(2,3)28-23-29(32(4,5)6)25-30(24-28)35-22-12-10-8-7-9-11-19-34-20-15-27(16-21-34)26-13-17-33-18-14-26/h13-18,20-21,23-25H,7-12,19,22H2,1-6H3/q+1. The zero-order valence-electron chi connectivity index (χ0n) is 22.8. The van der Waals surface area contributed by atoms with Crippen LogP contribution in [0, 0.1) is 0 Å². The topological polar surface area (TPSA) is 26.0 Å². The van der Waals surface area contributed by atoms with E-state index in [1.54, 1.807) is 0 Å². The van der Waals surface area contributed by atoms with Crippen LogP contribution in [0.1, 0.15) is 91.2 Å². The summed E-state index contributed by atoms with van der Waals surface area (Å²) in [6.45, 7) is 15.5. The minimum Gasteiger partial charge on any atom is -0.494 e. The predicted octanol–water partition coefficient (Wildman–Crippen LogP) is 8.05. The molecule has 0 aliphatic rings. The van der Waals surface area contributed by atoms with Gasteiger partial charge in [0.05, 0.1) is 6.61 Å². The Kier molecular flexibility index (Phi) is 9.48. The minimum absolute atomic E-state index is 0.124. The van der Waals surface area contributed by atoms with Gasteiger partial charge in [-0.3, -0.25) is 4.98 Å². The van der Waals surface area contributed by atoms with Crippen molar-refractivity contribution in [2.75, 3.05) is 6.61 Å². The second kappa shape index (κ2) is 12.3. The first-order chi connectivity index (χ1) is 16.6. The molecule has 0 aliphatic carbocycles. The van der Waals surface area contributed by atoms with Gasteiger partial charge in [0.1, 0.15) is 12.3 Å². The van der Waals surface area contributed by atoms with Crippen LogP contribution in [0.25, 0.3) is 11.1 Å². The predicted molar refractivity (Wildman–Crippen MR) is 147 cm³/mol. The smallest absolute Gasteiger partial charge is 0.169 e. The van der Waals surface area contributed by atoms with E-state index in [9.17, 15) is 0 Å². The maximum Gasteiger partial charge on any atom is 0.169 e. The maximum absolute atomic E-state index is 6.20. The molecule has 35 heavy (non-hydrogen) atoms. The van der Waals surface area contributed by atoms with Gasteiger partial charge in [-0.15, -0.1) is 0 Å². The highest BCUT2D eigenvalue weighted by Crippen LogP contribution is 2.33. The average Bonchev–Trinajstić information content (AvgIpc) is 2.82. The van der Waals surface area contributed by atoms with E-state index in [0.717, 1.165) is 25.3 Å². The molecule has 0 N–H and O–H groups in total. The van der Waals surface area contributed by atoms with Crippen molar-refractivity contribution in [1.29, 1.82) is 0 Å². The lowest BCUT2D eigenvalue weighted by molar-refractivity contribution is -0.697. The number of hydrogen-bond acceptors (Lipinski definition) is 2. The van der Waals surface area contributed by atoms with Crippen molar-refractivity contribution >= 4 is 0 Å². The van der Waals surface area contributed by atoms with Crippen molar-refractivity contribution in [2.24, 2.45) is 0 Å². The van der Waals surface area contributed by atoms with Gasteiger partial charge in [0.25, 0.3) is 0 Å². The SMILES string of the molecule is CC(C)(C)c1cc(OCCCCCCCC[n+]2ccc(-c3ccncc3)cc2)cc(C(C)(C)C)c1. The number of aromatic nitrogens is 2. The molecule has 3 rings (SSSR count). The van der Waals surface area contributed by atoms with E-state index < -0.39 is 0 Å². The highest BCUT2D eigenvalue weighted by Gasteiger charge is 2.20. The lowest BCUT2D eigenvalue weighted by Crippen LogP contribution is -2.32. The third-order valence-electron chi connectivity index (χ3n) is 6.62. The maximum atomic E-state index is 6.20. The normalized spacial score (nSPS) is 12.1. The fraction of sp³-hybridized carbons (Fsp3) is 0.500. The summed E-state index contributed by atoms with van der Waals surface area (Å²) in [6, 6.07) is 15.3. The first-order valence-corrected chi connectivity index (χ1v) is 13.3. The molecule has 0 fully saturated rings. The first-order valence-electron chi connectivity index (χ1n) is 13.3. The third-order valence-corrected chi connectivity index (χ3v) is 6.62. The van der Waals surface area contributed by atoms with Crippen molar-refractivity contribution in [1.82, 2.24) is 4.98 Å². The van der Waals surface area contributed by atoms with Crippen LogP contribution in [0.3, 0.4) is 0 Å². The van der Waals surface area contributed by atoms with Crippen molar-refractivity contribution < 1.29 is 9.30 Å². The summed E-state index contributed by atoms with van der Waals surface area (Å²) in [5.74, 6) is 1.02. The quantitative estimate of drug-likeness (QED) is 0.208. The molecule has 0 atom stereocenters. The number of pyridine rings is 2. The van der Waals surface area contributed by atoms with Crippen molar-refractivity contribution in [2.45, 2.75) is 97.4 Å². The Morgan fingerprint density at radius 2 is 1.17 bits per heavy atom. The highest BCUT2D eigenvalue weighted by atomic mass is 16.5. The zero-order chi connectivity index (χ0) is 25.3. The molecule has 0 aliphatic heterocycles. The largest absolute Gasteiger partial charge is 0.494 e. The van der Waals surface area contributed by atoms with Gasteiger partial charge in [-0.25, -0.2) is 4.57 Å². The van der Waals surface area contributed by atoms with Gasteiger partial charge in [-0.05, 0) is 70.2 Å². The Balaban J connectivity index is 1.32. The molecule has 3 aromatic rings. The second-order valence-corrected chi connectivity index (χ2v) is 11.8. The summed E-state index contributed by atoms with van der Waals surface area (Å²) in [7, 11) is 0. The number of aryl methyl sites for hydroxylation is 1. The monoisotopic (exact) mass is 473 g/mol. The molecule has 0 saturated heterocycles. The highest BCUT2D eigenvalue weighted by molar-refractivity contribution is 5.61. The van der Waals surface area contributed by atoms with Gasteiger partial charge in [-0.1, -0.05) is 66.9 Å². The van der Waals surface area contributed by atoms with E-state index in [2.05, 4.69) is 106 Å². The van der Waals surface area contributed by atoms with Crippen LogP contribution < -0.4 is 9.30 Å². The number of benzene rings is 1. The van der Waals surface area contributed by atoms with Gasteiger partial charge < -0.3 is 4.74 Å². The molecule has 3 nitrogen and oxygen atoms in total. The van der Waals surface area contributed by atoms with E-state index in [-0.39, 0.29) is 10.8 Å². The lowest BCUT2D eigenvalue weighted by atomic mass is 9.80. The number of nitrogens with zero attached hydrogens (tertiary/aromatic N) is 2. The molecule has 3 heteroatoms. The van der Waals surface area contributed by atoms with Gasteiger partial charge in [0, 0.05) is 30.9 Å². The van der Waals surface area contributed by atoms with Crippen LogP contribution in [0.15, 0.2) is 67.3 Å². The van der Waals surface area contributed by atoms with E-state index in [1.165, 1.54) is 54.4 Å². The van der Waals surface area contributed by atoms with Gasteiger partial charge in [-0.2, -0.15) is 0 Å². The summed E-state index contributed by atoms with van der Waals surface area (Å²) in [5.41, 5.74) is 5.41. The Hall–Kier alpha value is -2.68. The summed E-state index contributed by atoms with van der Waals surface area (Å²) in [4.78, 5) is 4.09. The molecule has 0 amide bonds. The van der Waals surface area contributed by atoms with Crippen molar-refractivity contribution in [3.63, 3.8) is 0 Å². The molecule has 2 aromatic heterocycles. The van der Waals surface area contributed by atoms with E-state index in [1.807, 2.05) is 12.4 Å². The fourth-order valence-electron chi connectivity index (χ4n) is 4.19. The minimum atomic E-state index is 0.124. The molecular formula is C32H45N2O+. The van der Waals surface area contributed by atoms with Crippen LogP contribution in [-0.2, 0) is 17.4 Å². The number of unbranched alkanes of at least 4 members (excludes halogenated alkanes) is 5. The molecule has 188 valence electrons. The summed E-state index contributed by atoms with van der Waals surface area (Å²) in [6.07, 6.45) is 15.5. The summed E-state index contributed by atoms with van der Waals surface area (Å²) in [5, 5.41) is 0. The van der Waals surface area contributed by atoms with E-state index in [4.69, 9.17) is 4.74 Å². The zero-order valence-corrected chi connectivity index (χ0v) is 22.8. The summed E-state index contributed by atoms with van der Waals surface area (Å²) >= 11 is 0. The average molecular weight is 474 g/mol. The molecule has 2 heterocycles. The van der Waals surface area contributed by atoms with Crippen LogP contribution in [0.2, 0.25) is 0 Å². The van der Waals surface area contributed by atoms with Crippen molar-refractivity contribution in [3.8, 4) is 16.9 Å². The summed E-state index contributed by atoms with van der Waals surface area (Å²) < 4.78 is 8.49. The Bertz CT molecular complexity index is 996. The second-order valence-electron chi connectivity index (χ2n) is 11.8. The van der Waals surface area contributed by atoms with E-state index in [0.29, 0.717) is 0 Å². The Morgan fingerprint density at radius 3 is 1.74 bits per heavy atom. The van der Waals surface area contributed by atoms with Crippen molar-refractivity contribution in [3.05, 3.63) is 78.4 Å². The molecular weight excluding hydrogens is 428 g/mol. The van der Waals surface area contributed by atoms with Crippen LogP contribution >= 0.6 is 0 Å². The number of hydrogen-bond donors (Lipinski definition) is 0. The number of ether oxygens (including phenoxy) is 1. The van der Waals surface area contributed by atoms with Gasteiger partial charge in [0.15, 0.2) is 12.4 Å². The third kappa shape index (κ3) is 8.80. The molecule has 0 bridgehead atoms. The van der Waals surface area contributed by atoms with Gasteiger partial charge >= 0.3 is 0 Å². The first kappa shape index (κ1) is 26.9. The van der Waals surface area contributed by atoms with Crippen LogP contribution in [0.5, 0.6) is 5.75 Å². The number of rotatable bonds is 11. The Labute approximate surface area is 213 Å². The molecule has 0 radical (unpaired) electrons.